The minimum absolute atomic E-state index is 0.156. The smallest absolute Gasteiger partial charge is 0.405 e. The molecule has 2 aliphatic rings. The number of rotatable bonds is 5. The standard InChI is InChI=1S/C13H19NO4/c1-13(8-18-13)11(15)10(14-12(16)17)7-9-5-3-2-4-6-9/h5,10,14H,2-4,6-8H2,1H3,(H,16,17)/t10-,13-/m0/s1. The van der Waals surface area contributed by atoms with Crippen molar-refractivity contribution in [3.05, 3.63) is 11.6 Å². The number of carbonyl (C=O) groups excluding carboxylic acids is 1. The lowest BCUT2D eigenvalue weighted by atomic mass is 9.90. The highest BCUT2D eigenvalue weighted by atomic mass is 16.6. The van der Waals surface area contributed by atoms with Crippen LogP contribution in [0.4, 0.5) is 4.79 Å². The SMILES string of the molecule is C[C@@]1(C(=O)[C@H](CC2=CCCCC2)NC(=O)O)CO1. The molecule has 18 heavy (non-hydrogen) atoms. The molecule has 1 heterocycles. The summed E-state index contributed by atoms with van der Waals surface area (Å²) in [5, 5.41) is 11.1. The number of carbonyl (C=O) groups is 2. The van der Waals surface area contributed by atoms with Gasteiger partial charge in [0.25, 0.3) is 0 Å². The van der Waals surface area contributed by atoms with Crippen LogP contribution in [0, 0.1) is 0 Å². The number of ketones is 1. The van der Waals surface area contributed by atoms with E-state index in [0.29, 0.717) is 13.0 Å². The van der Waals surface area contributed by atoms with Crippen LogP contribution in [0.25, 0.3) is 0 Å². The summed E-state index contributed by atoms with van der Waals surface area (Å²) in [7, 11) is 0. The summed E-state index contributed by atoms with van der Waals surface area (Å²) >= 11 is 0. The van der Waals surface area contributed by atoms with E-state index in [0.717, 1.165) is 19.3 Å². The van der Waals surface area contributed by atoms with E-state index < -0.39 is 17.7 Å². The highest BCUT2D eigenvalue weighted by molar-refractivity contribution is 5.95. The van der Waals surface area contributed by atoms with Crippen LogP contribution >= 0.6 is 0 Å². The molecule has 0 aromatic heterocycles. The van der Waals surface area contributed by atoms with E-state index in [1.54, 1.807) is 6.92 Å². The Bertz CT molecular complexity index is 384. The lowest BCUT2D eigenvalue weighted by Gasteiger charge is -2.21. The Morgan fingerprint density at radius 2 is 2.28 bits per heavy atom. The Kier molecular flexibility index (Phi) is 3.71. The second kappa shape index (κ2) is 5.10. The molecule has 100 valence electrons. The van der Waals surface area contributed by atoms with Crippen molar-refractivity contribution in [1.82, 2.24) is 5.32 Å². The lowest BCUT2D eigenvalue weighted by molar-refractivity contribution is -0.125. The molecule has 0 unspecified atom stereocenters. The number of allylic oxidation sites excluding steroid dienone is 1. The van der Waals surface area contributed by atoms with E-state index in [1.807, 2.05) is 0 Å². The van der Waals surface area contributed by atoms with Crippen LogP contribution in [0.15, 0.2) is 11.6 Å². The normalized spacial score (nSPS) is 28.2. The van der Waals surface area contributed by atoms with Gasteiger partial charge in [-0.15, -0.1) is 0 Å². The van der Waals surface area contributed by atoms with Crippen LogP contribution in [0.1, 0.15) is 39.0 Å². The summed E-state index contributed by atoms with van der Waals surface area (Å²) in [6, 6.07) is -0.681. The van der Waals surface area contributed by atoms with Gasteiger partial charge in [0, 0.05) is 0 Å². The zero-order chi connectivity index (χ0) is 13.2. The molecule has 5 nitrogen and oxygen atoms in total. The molecule has 1 fully saturated rings. The topological polar surface area (TPSA) is 78.9 Å². The van der Waals surface area contributed by atoms with Crippen molar-refractivity contribution in [1.29, 1.82) is 0 Å². The third-order valence-electron chi connectivity index (χ3n) is 3.56. The molecule has 5 heteroatoms. The zero-order valence-corrected chi connectivity index (χ0v) is 10.6. The molecule has 1 aliphatic heterocycles. The van der Waals surface area contributed by atoms with Gasteiger partial charge in [-0.3, -0.25) is 4.79 Å². The van der Waals surface area contributed by atoms with Gasteiger partial charge in [-0.05, 0) is 39.0 Å². The number of ether oxygens (including phenoxy) is 1. The second-order valence-electron chi connectivity index (χ2n) is 5.20. The minimum atomic E-state index is -1.16. The Balaban J connectivity index is 2.02. The molecule has 2 rings (SSSR count). The molecule has 0 spiro atoms. The van der Waals surface area contributed by atoms with E-state index >= 15 is 0 Å². The molecule has 1 aliphatic carbocycles. The lowest BCUT2D eigenvalue weighted by Crippen LogP contribution is -2.45. The number of hydrogen-bond acceptors (Lipinski definition) is 3. The summed E-state index contributed by atoms with van der Waals surface area (Å²) in [6.07, 6.45) is 5.73. The minimum Gasteiger partial charge on any atom is -0.465 e. The van der Waals surface area contributed by atoms with Gasteiger partial charge in [-0.2, -0.15) is 0 Å². The van der Waals surface area contributed by atoms with Crippen LogP contribution < -0.4 is 5.32 Å². The molecule has 0 saturated carbocycles. The number of Topliss-reactive ketones (excluding diaryl/α,β-unsaturated/α-hetero) is 1. The Morgan fingerprint density at radius 1 is 1.56 bits per heavy atom. The maximum atomic E-state index is 12.2. The van der Waals surface area contributed by atoms with Crippen molar-refractivity contribution in [2.24, 2.45) is 0 Å². The summed E-state index contributed by atoms with van der Waals surface area (Å²) in [5.41, 5.74) is 0.403. The Hall–Kier alpha value is -1.36. The monoisotopic (exact) mass is 253 g/mol. The summed E-state index contributed by atoms with van der Waals surface area (Å²) in [4.78, 5) is 22.9. The predicted molar refractivity (Wildman–Crippen MR) is 65.5 cm³/mol. The number of epoxide rings is 1. The molecule has 0 aromatic rings. The maximum absolute atomic E-state index is 12.2. The third-order valence-corrected chi connectivity index (χ3v) is 3.56. The number of nitrogens with one attached hydrogen (secondary N) is 1. The second-order valence-corrected chi connectivity index (χ2v) is 5.20. The Labute approximate surface area is 106 Å². The molecular formula is C13H19NO4. The highest BCUT2D eigenvalue weighted by Crippen LogP contribution is 2.31. The van der Waals surface area contributed by atoms with Crippen LogP contribution in [0.3, 0.4) is 0 Å². The average Bonchev–Trinajstić information content (AvgIpc) is 3.08. The molecule has 0 aromatic carbocycles. The van der Waals surface area contributed by atoms with Gasteiger partial charge in [-0.1, -0.05) is 11.6 Å². The van der Waals surface area contributed by atoms with Crippen molar-refractivity contribution in [3.8, 4) is 0 Å². The number of amides is 1. The summed E-state index contributed by atoms with van der Waals surface area (Å²) in [6.45, 7) is 2.10. The van der Waals surface area contributed by atoms with Crippen molar-refractivity contribution in [2.75, 3.05) is 6.61 Å². The first kappa shape index (κ1) is 13.1. The van der Waals surface area contributed by atoms with Gasteiger partial charge in [0.2, 0.25) is 0 Å². The highest BCUT2D eigenvalue weighted by Gasteiger charge is 2.50. The molecular weight excluding hydrogens is 234 g/mol. The van der Waals surface area contributed by atoms with E-state index in [2.05, 4.69) is 11.4 Å². The predicted octanol–water partition coefficient (Wildman–Crippen LogP) is 1.87. The van der Waals surface area contributed by atoms with E-state index in [9.17, 15) is 9.59 Å². The average molecular weight is 253 g/mol. The molecule has 1 amide bonds. The Morgan fingerprint density at radius 3 is 2.78 bits per heavy atom. The molecule has 1 saturated heterocycles. The first-order chi connectivity index (χ1) is 8.51. The van der Waals surface area contributed by atoms with Gasteiger partial charge >= 0.3 is 6.09 Å². The van der Waals surface area contributed by atoms with Gasteiger partial charge in [0.15, 0.2) is 5.78 Å². The van der Waals surface area contributed by atoms with E-state index in [-0.39, 0.29) is 5.78 Å². The zero-order valence-electron chi connectivity index (χ0n) is 10.6. The van der Waals surface area contributed by atoms with Crippen LogP contribution in [-0.2, 0) is 9.53 Å². The summed E-state index contributed by atoms with van der Waals surface area (Å²) in [5.74, 6) is -0.156. The van der Waals surface area contributed by atoms with Crippen molar-refractivity contribution in [3.63, 3.8) is 0 Å². The van der Waals surface area contributed by atoms with Gasteiger partial charge < -0.3 is 15.2 Å². The molecule has 0 radical (unpaired) electrons. The maximum Gasteiger partial charge on any atom is 0.405 e. The van der Waals surface area contributed by atoms with E-state index in [4.69, 9.17) is 9.84 Å². The van der Waals surface area contributed by atoms with E-state index in [1.165, 1.54) is 12.0 Å². The fourth-order valence-electron chi connectivity index (χ4n) is 2.33. The molecule has 2 N–H and O–H groups in total. The third kappa shape index (κ3) is 3.10. The van der Waals surface area contributed by atoms with Crippen molar-refractivity contribution < 1.29 is 19.4 Å². The van der Waals surface area contributed by atoms with Crippen LogP contribution in [0.2, 0.25) is 0 Å². The fourth-order valence-corrected chi connectivity index (χ4v) is 2.33. The van der Waals surface area contributed by atoms with Crippen molar-refractivity contribution in [2.45, 2.75) is 50.7 Å². The number of carboxylic acid groups (broad SMARTS) is 1. The molecule has 0 bridgehead atoms. The first-order valence-electron chi connectivity index (χ1n) is 6.37. The molecule has 2 atom stereocenters. The quantitative estimate of drug-likeness (QED) is 0.579. The van der Waals surface area contributed by atoms with Gasteiger partial charge in [0.05, 0.1) is 12.6 Å². The van der Waals surface area contributed by atoms with Gasteiger partial charge in [0.1, 0.15) is 5.60 Å². The summed E-state index contributed by atoms with van der Waals surface area (Å²) < 4.78 is 5.11. The van der Waals surface area contributed by atoms with Crippen molar-refractivity contribution >= 4 is 11.9 Å². The fraction of sp³-hybridized carbons (Fsp3) is 0.692. The van der Waals surface area contributed by atoms with Crippen LogP contribution in [0.5, 0.6) is 0 Å². The van der Waals surface area contributed by atoms with Gasteiger partial charge in [-0.25, -0.2) is 4.79 Å². The largest absolute Gasteiger partial charge is 0.465 e. The van der Waals surface area contributed by atoms with Crippen LogP contribution in [-0.4, -0.2) is 35.2 Å². The first-order valence-corrected chi connectivity index (χ1v) is 6.37. The number of hydrogen-bond donors (Lipinski definition) is 2.